The van der Waals surface area contributed by atoms with Crippen molar-refractivity contribution in [3.8, 4) is 5.75 Å². The number of nitrogens with zero attached hydrogens (tertiary/aromatic N) is 1. The Morgan fingerprint density at radius 1 is 1.39 bits per heavy atom. The first-order valence-corrected chi connectivity index (χ1v) is 6.98. The van der Waals surface area contributed by atoms with Gasteiger partial charge in [0.2, 0.25) is 0 Å². The number of hydrogen-bond acceptors (Lipinski definition) is 3. The van der Waals surface area contributed by atoms with E-state index >= 15 is 0 Å². The van der Waals surface area contributed by atoms with Gasteiger partial charge in [-0.1, -0.05) is 20.3 Å². The van der Waals surface area contributed by atoms with Gasteiger partial charge in [-0.3, -0.25) is 4.98 Å². The monoisotopic (exact) mass is 248 g/mol. The molecule has 1 heterocycles. The van der Waals surface area contributed by atoms with Crippen LogP contribution in [0.1, 0.15) is 44.5 Å². The van der Waals surface area contributed by atoms with Gasteiger partial charge in [-0.25, -0.2) is 0 Å². The van der Waals surface area contributed by atoms with Gasteiger partial charge in [0.25, 0.3) is 0 Å². The first-order valence-electron chi connectivity index (χ1n) is 6.98. The predicted molar refractivity (Wildman–Crippen MR) is 73.8 cm³/mol. The van der Waals surface area contributed by atoms with Gasteiger partial charge in [0.1, 0.15) is 5.75 Å². The van der Waals surface area contributed by atoms with Crippen LogP contribution in [0.25, 0.3) is 0 Å². The maximum absolute atomic E-state index is 5.93. The highest BCUT2D eigenvalue weighted by molar-refractivity contribution is 5.29. The lowest BCUT2D eigenvalue weighted by Crippen LogP contribution is -2.24. The van der Waals surface area contributed by atoms with Crippen molar-refractivity contribution in [2.45, 2.75) is 52.6 Å². The third-order valence-corrected chi connectivity index (χ3v) is 3.45. The van der Waals surface area contributed by atoms with E-state index in [4.69, 9.17) is 4.74 Å². The molecule has 0 atom stereocenters. The van der Waals surface area contributed by atoms with Crippen LogP contribution in [0.3, 0.4) is 0 Å². The molecule has 2 rings (SSSR count). The molecule has 3 nitrogen and oxygen atoms in total. The molecule has 1 aliphatic rings. The molecule has 0 spiro atoms. The van der Waals surface area contributed by atoms with Crippen LogP contribution in [0, 0.1) is 12.8 Å². The Morgan fingerprint density at radius 2 is 2.17 bits per heavy atom. The summed E-state index contributed by atoms with van der Waals surface area (Å²) in [6, 6.07) is 4.54. The molecule has 1 aromatic heterocycles. The molecule has 3 heteroatoms. The molecule has 1 aromatic rings. The number of aryl methyl sites for hydroxylation is 1. The van der Waals surface area contributed by atoms with Crippen LogP contribution < -0.4 is 10.1 Å². The van der Waals surface area contributed by atoms with Crippen LogP contribution in [-0.4, -0.2) is 17.6 Å². The number of pyridine rings is 1. The summed E-state index contributed by atoms with van der Waals surface area (Å²) < 4.78 is 5.93. The zero-order valence-corrected chi connectivity index (χ0v) is 11.7. The van der Waals surface area contributed by atoms with E-state index in [1.165, 1.54) is 19.3 Å². The van der Waals surface area contributed by atoms with Crippen LogP contribution in [0.15, 0.2) is 12.1 Å². The lowest BCUT2D eigenvalue weighted by Gasteiger charge is -2.25. The number of nitrogens with one attached hydrogen (secondary N) is 1. The summed E-state index contributed by atoms with van der Waals surface area (Å²) in [4.78, 5) is 4.58. The Hall–Kier alpha value is -1.09. The topological polar surface area (TPSA) is 34.1 Å². The average Bonchev–Trinajstić information content (AvgIpc) is 2.26. The first-order chi connectivity index (χ1) is 8.65. The lowest BCUT2D eigenvalue weighted by molar-refractivity contribution is 0.178. The van der Waals surface area contributed by atoms with Crippen molar-refractivity contribution in [1.82, 2.24) is 10.3 Å². The number of ether oxygens (including phenoxy) is 1. The first kappa shape index (κ1) is 13.3. The van der Waals surface area contributed by atoms with Crippen LogP contribution in [0.2, 0.25) is 0 Å². The van der Waals surface area contributed by atoms with E-state index in [-0.39, 0.29) is 0 Å². The van der Waals surface area contributed by atoms with Gasteiger partial charge in [0.05, 0.1) is 12.3 Å². The van der Waals surface area contributed by atoms with Gasteiger partial charge in [-0.2, -0.15) is 0 Å². The minimum Gasteiger partial charge on any atom is -0.491 e. The number of aromatic nitrogens is 1. The summed E-state index contributed by atoms with van der Waals surface area (Å²) in [5.41, 5.74) is 2.08. The maximum atomic E-state index is 5.93. The minimum atomic E-state index is 0.465. The Bertz CT molecular complexity index is 386. The minimum absolute atomic E-state index is 0.465. The van der Waals surface area contributed by atoms with Crippen LogP contribution in [0.4, 0.5) is 0 Å². The van der Waals surface area contributed by atoms with Crippen LogP contribution >= 0.6 is 0 Å². The van der Waals surface area contributed by atoms with E-state index < -0.39 is 0 Å². The lowest BCUT2D eigenvalue weighted by atomic mass is 9.86. The molecule has 1 aliphatic carbocycles. The molecule has 0 radical (unpaired) electrons. The van der Waals surface area contributed by atoms with E-state index in [9.17, 15) is 0 Å². The summed E-state index contributed by atoms with van der Waals surface area (Å²) in [6.07, 6.45) is 4.00. The molecule has 0 aromatic carbocycles. The molecule has 18 heavy (non-hydrogen) atoms. The van der Waals surface area contributed by atoms with E-state index in [2.05, 4.69) is 30.2 Å². The fourth-order valence-corrected chi connectivity index (χ4v) is 2.02. The second-order valence-corrected chi connectivity index (χ2v) is 5.54. The fourth-order valence-electron chi connectivity index (χ4n) is 2.02. The molecule has 0 unspecified atom stereocenters. The third-order valence-electron chi connectivity index (χ3n) is 3.45. The van der Waals surface area contributed by atoms with E-state index in [0.29, 0.717) is 6.04 Å². The largest absolute Gasteiger partial charge is 0.491 e. The molecule has 0 bridgehead atoms. The summed E-state index contributed by atoms with van der Waals surface area (Å²) in [7, 11) is 0. The fraction of sp³-hybridized carbons (Fsp3) is 0.667. The van der Waals surface area contributed by atoms with Crippen molar-refractivity contribution >= 4 is 0 Å². The van der Waals surface area contributed by atoms with Crippen molar-refractivity contribution in [2.24, 2.45) is 5.92 Å². The van der Waals surface area contributed by atoms with E-state index in [1.807, 2.05) is 13.0 Å². The number of hydrogen-bond donors (Lipinski definition) is 1. The molecule has 0 saturated heterocycles. The third kappa shape index (κ3) is 3.70. The Kier molecular flexibility index (Phi) is 4.59. The molecule has 1 fully saturated rings. The molecular formula is C15H24N2O. The molecule has 1 saturated carbocycles. The Labute approximate surface area is 110 Å². The van der Waals surface area contributed by atoms with E-state index in [1.54, 1.807) is 0 Å². The SMILES string of the molecule is Cc1ccc(OCC2CCC2)c(CNC(C)C)n1. The summed E-state index contributed by atoms with van der Waals surface area (Å²) in [5, 5.41) is 3.40. The second-order valence-electron chi connectivity index (χ2n) is 5.54. The normalized spacial score (nSPS) is 15.8. The van der Waals surface area contributed by atoms with Crippen molar-refractivity contribution in [1.29, 1.82) is 0 Å². The molecule has 0 aliphatic heterocycles. The summed E-state index contributed by atoms with van der Waals surface area (Å²) in [5.74, 6) is 1.71. The molecule has 100 valence electrons. The van der Waals surface area contributed by atoms with Gasteiger partial charge >= 0.3 is 0 Å². The quantitative estimate of drug-likeness (QED) is 0.840. The van der Waals surface area contributed by atoms with Crippen LogP contribution in [-0.2, 0) is 6.54 Å². The van der Waals surface area contributed by atoms with Crippen molar-refractivity contribution < 1.29 is 4.74 Å². The number of rotatable bonds is 6. The van der Waals surface area contributed by atoms with Gasteiger partial charge in [0, 0.05) is 18.3 Å². The highest BCUT2D eigenvalue weighted by Gasteiger charge is 2.18. The zero-order valence-electron chi connectivity index (χ0n) is 11.7. The van der Waals surface area contributed by atoms with Gasteiger partial charge in [0.15, 0.2) is 0 Å². The maximum Gasteiger partial charge on any atom is 0.142 e. The summed E-state index contributed by atoms with van der Waals surface area (Å²) >= 11 is 0. The van der Waals surface area contributed by atoms with Crippen molar-refractivity contribution in [3.05, 3.63) is 23.5 Å². The van der Waals surface area contributed by atoms with E-state index in [0.717, 1.165) is 36.2 Å². The van der Waals surface area contributed by atoms with Gasteiger partial charge < -0.3 is 10.1 Å². The van der Waals surface area contributed by atoms with Crippen LogP contribution in [0.5, 0.6) is 5.75 Å². The molecular weight excluding hydrogens is 224 g/mol. The second kappa shape index (κ2) is 6.19. The van der Waals surface area contributed by atoms with Crippen molar-refractivity contribution in [2.75, 3.05) is 6.61 Å². The molecule has 0 amide bonds. The zero-order chi connectivity index (χ0) is 13.0. The predicted octanol–water partition coefficient (Wildman–Crippen LogP) is 3.07. The molecule has 1 N–H and O–H groups in total. The Balaban J connectivity index is 1.97. The average molecular weight is 248 g/mol. The highest BCUT2D eigenvalue weighted by atomic mass is 16.5. The standard InChI is InChI=1S/C15H24N2O/c1-11(2)16-9-14-15(8-7-12(3)17-14)18-10-13-5-4-6-13/h7-8,11,13,16H,4-6,9-10H2,1-3H3. The van der Waals surface area contributed by atoms with Gasteiger partial charge in [-0.05, 0) is 37.8 Å². The highest BCUT2D eigenvalue weighted by Crippen LogP contribution is 2.27. The van der Waals surface area contributed by atoms with Gasteiger partial charge in [-0.15, -0.1) is 0 Å². The summed E-state index contributed by atoms with van der Waals surface area (Å²) in [6.45, 7) is 7.93. The smallest absolute Gasteiger partial charge is 0.142 e. The Morgan fingerprint density at radius 3 is 2.78 bits per heavy atom. The van der Waals surface area contributed by atoms with Crippen molar-refractivity contribution in [3.63, 3.8) is 0 Å².